The van der Waals surface area contributed by atoms with Gasteiger partial charge in [0.1, 0.15) is 5.75 Å². The van der Waals surface area contributed by atoms with E-state index < -0.39 is 10.0 Å². The average Bonchev–Trinajstić information content (AvgIpc) is 2.43. The number of ether oxygens (including phenoxy) is 1. The van der Waals surface area contributed by atoms with Crippen molar-refractivity contribution in [3.8, 4) is 5.75 Å². The van der Waals surface area contributed by atoms with Crippen molar-refractivity contribution in [2.75, 3.05) is 20.2 Å². The zero-order valence-electron chi connectivity index (χ0n) is 11.8. The van der Waals surface area contributed by atoms with E-state index in [1.165, 1.54) is 13.2 Å². The maximum Gasteiger partial charge on any atom is 0.242 e. The molecule has 1 aromatic rings. The normalized spacial score (nSPS) is 23.0. The van der Waals surface area contributed by atoms with Gasteiger partial charge in [-0.15, -0.1) is 0 Å². The third-order valence-corrected chi connectivity index (χ3v) is 6.37. The van der Waals surface area contributed by atoms with E-state index in [0.29, 0.717) is 16.8 Å². The lowest BCUT2D eigenvalue weighted by Gasteiger charge is -2.30. The molecule has 0 amide bonds. The SMILES string of the molecule is COc1cc(Br)c(S(=O)(=O)NC2CNCCC2C)cc1Cl. The van der Waals surface area contributed by atoms with E-state index in [9.17, 15) is 8.42 Å². The molecule has 2 atom stereocenters. The summed E-state index contributed by atoms with van der Waals surface area (Å²) in [6.07, 6.45) is 0.942. The van der Waals surface area contributed by atoms with Crippen LogP contribution in [0.2, 0.25) is 5.02 Å². The van der Waals surface area contributed by atoms with Gasteiger partial charge in [0.15, 0.2) is 0 Å². The first-order valence-electron chi connectivity index (χ1n) is 6.61. The molecule has 0 bridgehead atoms. The fourth-order valence-electron chi connectivity index (χ4n) is 2.28. The first-order valence-corrected chi connectivity index (χ1v) is 9.26. The fourth-order valence-corrected chi connectivity index (χ4v) is 4.98. The van der Waals surface area contributed by atoms with Crippen LogP contribution in [0.15, 0.2) is 21.5 Å². The number of sulfonamides is 1. The van der Waals surface area contributed by atoms with Crippen LogP contribution in [0.25, 0.3) is 0 Å². The van der Waals surface area contributed by atoms with E-state index in [1.807, 2.05) is 6.92 Å². The Labute approximate surface area is 138 Å². The number of hydrogen-bond acceptors (Lipinski definition) is 4. The highest BCUT2D eigenvalue weighted by Gasteiger charge is 2.28. The summed E-state index contributed by atoms with van der Waals surface area (Å²) in [5.74, 6) is 0.712. The standard InChI is InChI=1S/C13H18BrClN2O3S/c1-8-3-4-16-7-11(8)17-21(18,19)13-6-10(15)12(20-2)5-9(13)14/h5-6,8,11,16-17H,3-4,7H2,1-2H3. The van der Waals surface area contributed by atoms with E-state index in [0.717, 1.165) is 13.0 Å². The average molecular weight is 398 g/mol. The van der Waals surface area contributed by atoms with Gasteiger partial charge in [0.05, 0.1) is 17.0 Å². The highest BCUT2D eigenvalue weighted by Crippen LogP contribution is 2.33. The summed E-state index contributed by atoms with van der Waals surface area (Å²) in [6.45, 7) is 3.59. The molecule has 5 nitrogen and oxygen atoms in total. The van der Waals surface area contributed by atoms with Gasteiger partial charge in [-0.2, -0.15) is 0 Å². The number of nitrogens with one attached hydrogen (secondary N) is 2. The van der Waals surface area contributed by atoms with E-state index in [-0.39, 0.29) is 21.9 Å². The van der Waals surface area contributed by atoms with Crippen molar-refractivity contribution in [2.45, 2.75) is 24.3 Å². The van der Waals surface area contributed by atoms with Crippen LogP contribution in [0.4, 0.5) is 0 Å². The predicted octanol–water partition coefficient (Wildman–Crippen LogP) is 2.39. The van der Waals surface area contributed by atoms with Gasteiger partial charge in [0.2, 0.25) is 10.0 Å². The van der Waals surface area contributed by atoms with Crippen LogP contribution >= 0.6 is 27.5 Å². The molecule has 2 unspecified atom stereocenters. The van der Waals surface area contributed by atoms with Crippen LogP contribution in [-0.4, -0.2) is 34.7 Å². The lowest BCUT2D eigenvalue weighted by atomic mass is 9.96. The van der Waals surface area contributed by atoms with Crippen LogP contribution in [0.3, 0.4) is 0 Å². The zero-order valence-corrected chi connectivity index (χ0v) is 15.0. The maximum absolute atomic E-state index is 12.6. The first-order chi connectivity index (χ1) is 9.85. The Morgan fingerprint density at radius 1 is 1.48 bits per heavy atom. The summed E-state index contributed by atoms with van der Waals surface area (Å²) in [4.78, 5) is 0.117. The molecule has 118 valence electrons. The first kappa shape index (κ1) is 17.0. The second-order valence-corrected chi connectivity index (χ2v) is 8.06. The molecular weight excluding hydrogens is 380 g/mol. The van der Waals surface area contributed by atoms with Gasteiger partial charge in [-0.05, 0) is 46.9 Å². The summed E-state index contributed by atoms with van der Waals surface area (Å²) in [6, 6.07) is 2.82. The molecule has 2 rings (SSSR count). The molecule has 0 saturated carbocycles. The minimum atomic E-state index is -3.65. The summed E-state index contributed by atoms with van der Waals surface area (Å²) < 4.78 is 33.3. The molecule has 1 aliphatic heterocycles. The molecule has 0 radical (unpaired) electrons. The van der Waals surface area contributed by atoms with E-state index in [1.54, 1.807) is 6.07 Å². The van der Waals surface area contributed by atoms with Crippen LogP contribution in [0.1, 0.15) is 13.3 Å². The lowest BCUT2D eigenvalue weighted by molar-refractivity contribution is 0.327. The fraction of sp³-hybridized carbons (Fsp3) is 0.538. The Hall–Kier alpha value is -0.340. The molecule has 8 heteroatoms. The van der Waals surface area contributed by atoms with Gasteiger partial charge < -0.3 is 10.1 Å². The monoisotopic (exact) mass is 396 g/mol. The molecule has 21 heavy (non-hydrogen) atoms. The van der Waals surface area contributed by atoms with Crippen molar-refractivity contribution in [1.29, 1.82) is 0 Å². The van der Waals surface area contributed by atoms with Crippen molar-refractivity contribution < 1.29 is 13.2 Å². The minimum Gasteiger partial charge on any atom is -0.495 e. The number of halogens is 2. The minimum absolute atomic E-state index is 0.117. The Kier molecular flexibility index (Phi) is 5.54. The molecule has 2 N–H and O–H groups in total. The Balaban J connectivity index is 2.29. The van der Waals surface area contributed by atoms with Crippen molar-refractivity contribution in [3.05, 3.63) is 21.6 Å². The van der Waals surface area contributed by atoms with Crippen LogP contribution in [0.5, 0.6) is 5.75 Å². The number of methoxy groups -OCH3 is 1. The molecule has 1 aromatic carbocycles. The number of hydrogen-bond donors (Lipinski definition) is 2. The zero-order chi connectivity index (χ0) is 15.6. The third-order valence-electron chi connectivity index (χ3n) is 3.63. The predicted molar refractivity (Wildman–Crippen MR) is 86.5 cm³/mol. The third kappa shape index (κ3) is 3.90. The summed E-state index contributed by atoms with van der Waals surface area (Å²) in [7, 11) is -2.17. The second-order valence-electron chi connectivity index (χ2n) is 5.12. The quantitative estimate of drug-likeness (QED) is 0.818. The highest BCUT2D eigenvalue weighted by molar-refractivity contribution is 9.10. The van der Waals surface area contributed by atoms with E-state index in [4.69, 9.17) is 16.3 Å². The molecular formula is C13H18BrClN2O3S. The van der Waals surface area contributed by atoms with Gasteiger partial charge >= 0.3 is 0 Å². The van der Waals surface area contributed by atoms with Gasteiger partial charge in [-0.1, -0.05) is 18.5 Å². The highest BCUT2D eigenvalue weighted by atomic mass is 79.9. The topological polar surface area (TPSA) is 67.4 Å². The lowest BCUT2D eigenvalue weighted by Crippen LogP contribution is -2.50. The van der Waals surface area contributed by atoms with Crippen molar-refractivity contribution in [1.82, 2.24) is 10.0 Å². The van der Waals surface area contributed by atoms with E-state index >= 15 is 0 Å². The van der Waals surface area contributed by atoms with Gasteiger partial charge in [0, 0.05) is 17.1 Å². The smallest absolute Gasteiger partial charge is 0.242 e. The molecule has 1 saturated heterocycles. The van der Waals surface area contributed by atoms with Gasteiger partial charge in [0.25, 0.3) is 0 Å². The van der Waals surface area contributed by atoms with Crippen LogP contribution in [-0.2, 0) is 10.0 Å². The summed E-state index contributed by atoms with van der Waals surface area (Å²) >= 11 is 9.29. The Morgan fingerprint density at radius 3 is 2.81 bits per heavy atom. The largest absolute Gasteiger partial charge is 0.495 e. The summed E-state index contributed by atoms with van der Waals surface area (Å²) in [5, 5.41) is 3.46. The van der Waals surface area contributed by atoms with Crippen molar-refractivity contribution >= 4 is 37.6 Å². The Bertz CT molecular complexity index is 624. The molecule has 0 spiro atoms. The maximum atomic E-state index is 12.6. The molecule has 1 fully saturated rings. The van der Waals surface area contributed by atoms with Crippen LogP contribution in [0, 0.1) is 5.92 Å². The molecule has 0 aromatic heterocycles. The van der Waals surface area contributed by atoms with Gasteiger partial charge in [-0.3, -0.25) is 0 Å². The van der Waals surface area contributed by atoms with Crippen molar-refractivity contribution in [2.24, 2.45) is 5.92 Å². The molecule has 1 heterocycles. The number of benzene rings is 1. The second kappa shape index (κ2) is 6.83. The van der Waals surface area contributed by atoms with Gasteiger partial charge in [-0.25, -0.2) is 13.1 Å². The molecule has 0 aliphatic carbocycles. The van der Waals surface area contributed by atoms with Crippen LogP contribution < -0.4 is 14.8 Å². The van der Waals surface area contributed by atoms with Crippen molar-refractivity contribution in [3.63, 3.8) is 0 Å². The number of rotatable bonds is 4. The molecule has 1 aliphatic rings. The Morgan fingerprint density at radius 2 is 2.19 bits per heavy atom. The number of piperidine rings is 1. The summed E-state index contributed by atoms with van der Waals surface area (Å²) in [5.41, 5.74) is 0. The van der Waals surface area contributed by atoms with E-state index in [2.05, 4.69) is 26.0 Å².